The third kappa shape index (κ3) is 4.23. The van der Waals surface area contributed by atoms with E-state index in [9.17, 15) is 4.39 Å². The summed E-state index contributed by atoms with van der Waals surface area (Å²) in [7, 11) is 0. The first-order valence-corrected chi connectivity index (χ1v) is 7.21. The minimum Gasteiger partial charge on any atom is -0.328 e. The molecule has 2 aromatic carbocycles. The maximum atomic E-state index is 13.2. The summed E-state index contributed by atoms with van der Waals surface area (Å²) >= 11 is 7.54. The van der Waals surface area contributed by atoms with E-state index in [1.807, 2.05) is 31.2 Å². The maximum Gasteiger partial charge on any atom is 0.124 e. The Bertz CT molecular complexity index is 572. The molecule has 0 aliphatic carbocycles. The number of rotatable bonds is 4. The van der Waals surface area contributed by atoms with Gasteiger partial charge >= 0.3 is 0 Å². The summed E-state index contributed by atoms with van der Waals surface area (Å²) in [6.07, 6.45) is 0.748. The molecule has 1 nitrogen and oxygen atoms in total. The molecule has 0 aliphatic rings. The third-order valence-corrected chi connectivity index (χ3v) is 3.93. The Labute approximate surface area is 122 Å². The van der Waals surface area contributed by atoms with Crippen LogP contribution in [0.25, 0.3) is 0 Å². The number of benzene rings is 2. The van der Waals surface area contributed by atoms with Crippen molar-refractivity contribution in [2.75, 3.05) is 0 Å². The summed E-state index contributed by atoms with van der Waals surface area (Å²) in [6, 6.07) is 12.3. The number of nitrogens with two attached hydrogens (primary N) is 1. The largest absolute Gasteiger partial charge is 0.328 e. The van der Waals surface area contributed by atoms with Crippen molar-refractivity contribution in [2.24, 2.45) is 5.73 Å². The lowest BCUT2D eigenvalue weighted by Gasteiger charge is -2.12. The van der Waals surface area contributed by atoms with Crippen molar-refractivity contribution in [1.29, 1.82) is 0 Å². The maximum absolute atomic E-state index is 13.2. The average molecular weight is 296 g/mol. The zero-order chi connectivity index (χ0) is 13.8. The zero-order valence-corrected chi connectivity index (χ0v) is 12.1. The second-order valence-corrected chi connectivity index (χ2v) is 6.04. The Kier molecular flexibility index (Phi) is 4.86. The lowest BCUT2D eigenvalue weighted by Crippen LogP contribution is -2.18. The molecule has 100 valence electrons. The first-order valence-electron chi connectivity index (χ1n) is 6.02. The van der Waals surface area contributed by atoms with Gasteiger partial charge in [0.05, 0.1) is 0 Å². The minimum absolute atomic E-state index is 0.0605. The third-order valence-electron chi connectivity index (χ3n) is 2.59. The summed E-state index contributed by atoms with van der Waals surface area (Å²) in [5, 5.41) is 0.694. The Morgan fingerprint density at radius 2 is 2.05 bits per heavy atom. The van der Waals surface area contributed by atoms with Gasteiger partial charge in [0.15, 0.2) is 0 Å². The summed E-state index contributed by atoms with van der Waals surface area (Å²) in [5.74, 6) is -0.229. The van der Waals surface area contributed by atoms with Gasteiger partial charge in [-0.2, -0.15) is 0 Å². The Hall–Kier alpha value is -1.03. The van der Waals surface area contributed by atoms with Gasteiger partial charge in [-0.25, -0.2) is 4.39 Å². The van der Waals surface area contributed by atoms with E-state index >= 15 is 0 Å². The predicted molar refractivity (Wildman–Crippen MR) is 79.3 cm³/mol. The van der Waals surface area contributed by atoms with Crippen LogP contribution in [0.2, 0.25) is 5.02 Å². The second kappa shape index (κ2) is 6.42. The monoisotopic (exact) mass is 295 g/mol. The van der Waals surface area contributed by atoms with E-state index in [4.69, 9.17) is 17.3 Å². The molecule has 0 spiro atoms. The number of hydrogen-bond donors (Lipinski definition) is 1. The highest BCUT2D eigenvalue weighted by atomic mass is 35.5. The summed E-state index contributed by atoms with van der Waals surface area (Å²) in [5.41, 5.74) is 6.94. The van der Waals surface area contributed by atoms with Crippen molar-refractivity contribution in [2.45, 2.75) is 29.2 Å². The zero-order valence-electron chi connectivity index (χ0n) is 10.6. The SMILES string of the molecule is CC(N)Cc1cc(Cl)ccc1Sc1cccc(F)c1. The molecule has 2 rings (SSSR count). The van der Waals surface area contributed by atoms with E-state index in [0.717, 1.165) is 21.8 Å². The average Bonchev–Trinajstić information content (AvgIpc) is 2.32. The van der Waals surface area contributed by atoms with E-state index in [2.05, 4.69) is 0 Å². The van der Waals surface area contributed by atoms with Crippen molar-refractivity contribution in [3.63, 3.8) is 0 Å². The van der Waals surface area contributed by atoms with E-state index in [1.54, 1.807) is 6.07 Å². The number of hydrogen-bond acceptors (Lipinski definition) is 2. The van der Waals surface area contributed by atoms with Gasteiger partial charge < -0.3 is 5.73 Å². The highest BCUT2D eigenvalue weighted by Crippen LogP contribution is 2.32. The summed E-state index contributed by atoms with van der Waals surface area (Å²) in [4.78, 5) is 1.93. The van der Waals surface area contributed by atoms with Gasteiger partial charge in [-0.05, 0) is 55.3 Å². The Balaban J connectivity index is 2.28. The van der Waals surface area contributed by atoms with E-state index in [0.29, 0.717) is 5.02 Å². The van der Waals surface area contributed by atoms with Gasteiger partial charge in [-0.15, -0.1) is 0 Å². The lowest BCUT2D eigenvalue weighted by atomic mass is 10.1. The molecular weight excluding hydrogens is 281 g/mol. The molecule has 0 saturated heterocycles. The molecule has 19 heavy (non-hydrogen) atoms. The summed E-state index contributed by atoms with van der Waals surface area (Å²) < 4.78 is 13.2. The quantitative estimate of drug-likeness (QED) is 0.897. The van der Waals surface area contributed by atoms with Crippen LogP contribution < -0.4 is 5.73 Å². The fraction of sp³-hybridized carbons (Fsp3) is 0.200. The fourth-order valence-corrected chi connectivity index (χ4v) is 2.99. The van der Waals surface area contributed by atoms with Crippen LogP contribution in [0.3, 0.4) is 0 Å². The van der Waals surface area contributed by atoms with Crippen LogP contribution in [0.5, 0.6) is 0 Å². The molecule has 0 aliphatic heterocycles. The van der Waals surface area contributed by atoms with Crippen LogP contribution >= 0.6 is 23.4 Å². The highest BCUT2D eigenvalue weighted by molar-refractivity contribution is 7.99. The van der Waals surface area contributed by atoms with Gasteiger partial charge in [0.2, 0.25) is 0 Å². The molecule has 0 fully saturated rings. The molecule has 1 unspecified atom stereocenters. The minimum atomic E-state index is -0.229. The summed E-state index contributed by atoms with van der Waals surface area (Å²) in [6.45, 7) is 1.96. The van der Waals surface area contributed by atoms with Crippen molar-refractivity contribution >= 4 is 23.4 Å². The fourth-order valence-electron chi connectivity index (χ4n) is 1.81. The van der Waals surface area contributed by atoms with Gasteiger partial charge in [0, 0.05) is 20.9 Å². The van der Waals surface area contributed by atoms with Crippen molar-refractivity contribution in [3.05, 3.63) is 58.9 Å². The molecule has 0 saturated carbocycles. The molecule has 2 N–H and O–H groups in total. The first kappa shape index (κ1) is 14.4. The van der Waals surface area contributed by atoms with Gasteiger partial charge in [-0.3, -0.25) is 0 Å². The van der Waals surface area contributed by atoms with Gasteiger partial charge in [-0.1, -0.05) is 29.4 Å². The smallest absolute Gasteiger partial charge is 0.124 e. The predicted octanol–water partition coefficient (Wildman–Crippen LogP) is 4.52. The molecule has 0 heterocycles. The molecule has 0 amide bonds. The second-order valence-electron chi connectivity index (χ2n) is 4.49. The Morgan fingerprint density at radius 3 is 2.74 bits per heavy atom. The molecule has 4 heteroatoms. The van der Waals surface area contributed by atoms with Crippen LogP contribution in [-0.4, -0.2) is 6.04 Å². The normalized spacial score (nSPS) is 12.4. The van der Waals surface area contributed by atoms with Crippen molar-refractivity contribution in [1.82, 2.24) is 0 Å². The van der Waals surface area contributed by atoms with Crippen LogP contribution in [0.15, 0.2) is 52.3 Å². The van der Waals surface area contributed by atoms with E-state index in [-0.39, 0.29) is 11.9 Å². The molecule has 1 atom stereocenters. The van der Waals surface area contributed by atoms with Gasteiger partial charge in [0.1, 0.15) is 5.82 Å². The first-order chi connectivity index (χ1) is 9.04. The van der Waals surface area contributed by atoms with Crippen molar-refractivity contribution in [3.8, 4) is 0 Å². The Morgan fingerprint density at radius 1 is 1.26 bits per heavy atom. The lowest BCUT2D eigenvalue weighted by molar-refractivity contribution is 0.624. The topological polar surface area (TPSA) is 26.0 Å². The van der Waals surface area contributed by atoms with E-state index < -0.39 is 0 Å². The van der Waals surface area contributed by atoms with Crippen LogP contribution in [0, 0.1) is 5.82 Å². The molecule has 0 aromatic heterocycles. The molecule has 0 radical (unpaired) electrons. The van der Waals surface area contributed by atoms with Crippen molar-refractivity contribution < 1.29 is 4.39 Å². The van der Waals surface area contributed by atoms with Crippen LogP contribution in [-0.2, 0) is 6.42 Å². The molecule has 2 aromatic rings. The standard InChI is InChI=1S/C15H15ClFNS/c1-10(18)7-11-8-12(16)5-6-15(11)19-14-4-2-3-13(17)9-14/h2-6,8-10H,7,18H2,1H3. The van der Waals surface area contributed by atoms with E-state index in [1.165, 1.54) is 23.9 Å². The highest BCUT2D eigenvalue weighted by Gasteiger charge is 2.08. The van der Waals surface area contributed by atoms with Crippen LogP contribution in [0.1, 0.15) is 12.5 Å². The van der Waals surface area contributed by atoms with Gasteiger partial charge in [0.25, 0.3) is 0 Å². The molecular formula is C15H15ClFNS. The molecule has 0 bridgehead atoms. The van der Waals surface area contributed by atoms with Crippen LogP contribution in [0.4, 0.5) is 4.39 Å². The number of halogens is 2.